The zero-order chi connectivity index (χ0) is 36.6. The van der Waals surface area contributed by atoms with E-state index in [0.29, 0.717) is 56.7 Å². The Morgan fingerprint density at radius 2 is 1.67 bits per heavy atom. The third kappa shape index (κ3) is 7.56. The Labute approximate surface area is 297 Å². The maximum absolute atomic E-state index is 13.6. The molecule has 1 aromatic carbocycles. The van der Waals surface area contributed by atoms with E-state index in [2.05, 4.69) is 16.7 Å². The number of hydrogen-bond donors (Lipinski definition) is 4. The summed E-state index contributed by atoms with van der Waals surface area (Å²) >= 11 is 0. The molecule has 4 N–H and O–H groups in total. The molecule has 0 spiro atoms. The van der Waals surface area contributed by atoms with Crippen molar-refractivity contribution in [2.24, 2.45) is 28.6 Å². The topological polar surface area (TPSA) is 187 Å². The van der Waals surface area contributed by atoms with E-state index in [4.69, 9.17) is 19.9 Å². The van der Waals surface area contributed by atoms with Crippen LogP contribution in [0.3, 0.4) is 0 Å². The molecule has 51 heavy (non-hydrogen) atoms. The highest BCUT2D eigenvalue weighted by Crippen LogP contribution is 2.67. The summed E-state index contributed by atoms with van der Waals surface area (Å²) in [7, 11) is 0. The van der Waals surface area contributed by atoms with Gasteiger partial charge in [-0.15, -0.1) is 0 Å². The molecular formula is C37H51N3O11. The van der Waals surface area contributed by atoms with E-state index in [0.717, 1.165) is 24.8 Å². The second-order valence-corrected chi connectivity index (χ2v) is 15.5. The molecule has 0 aromatic heterocycles. The molecule has 0 radical (unpaired) electrons. The monoisotopic (exact) mass is 713 g/mol. The summed E-state index contributed by atoms with van der Waals surface area (Å²) in [4.78, 5) is 59.6. The number of fused-ring (bicyclic) bond motifs is 5. The molecule has 5 aliphatic rings. The van der Waals surface area contributed by atoms with Crippen LogP contribution in [-0.4, -0.2) is 124 Å². The maximum atomic E-state index is 13.6. The molecule has 14 heteroatoms. The molecule has 280 valence electrons. The summed E-state index contributed by atoms with van der Waals surface area (Å²) < 4.78 is 10.8. The van der Waals surface area contributed by atoms with Crippen LogP contribution in [0.1, 0.15) is 74.7 Å². The number of hydrogen-bond acceptors (Lipinski definition) is 14. The molecule has 1 aliphatic heterocycles. The van der Waals surface area contributed by atoms with Gasteiger partial charge in [0.05, 0.1) is 30.2 Å². The summed E-state index contributed by atoms with van der Waals surface area (Å²) in [6.45, 7) is 6.73. The molecule has 1 aromatic rings. The second-order valence-electron chi connectivity index (χ2n) is 15.5. The third-order valence-electron chi connectivity index (χ3n) is 12.9. The number of ketones is 2. The van der Waals surface area contributed by atoms with Crippen LogP contribution in [0.15, 0.2) is 35.9 Å². The van der Waals surface area contributed by atoms with Crippen molar-refractivity contribution in [1.29, 1.82) is 0 Å². The summed E-state index contributed by atoms with van der Waals surface area (Å²) in [5.41, 5.74) is -0.660. The standard InChI is InChI=1S/C37H51N3O11/c1-35-11-9-27(41)19-26(35)7-8-28-29-10-12-37(46,36(29,2)20-30(42)33(28)35)31(43)23-50-32(44)21-39-15-13-38(14-16-39)17-18-49-34(45)25-5-3-24(4-6-25)22-51-40(47)48/h3-6,19,28-30,33,42,46-48H,7-18,20-23H2,1-2H3/t28?,29?,30-,33?,35-,36-,37-/m0/s1. The first kappa shape index (κ1) is 37.7. The SMILES string of the molecule is C[C@]12CCC(=O)C=C1CCC1C2[C@@H](O)C[C@@]2(C)C1CC[C@]2(O)C(=O)COC(=O)CN1CCN(CCOC(=O)c2ccc(CON(O)O)cc2)CC1. The van der Waals surface area contributed by atoms with Gasteiger partial charge in [0.1, 0.15) is 12.2 Å². The lowest BCUT2D eigenvalue weighted by Gasteiger charge is -2.60. The molecule has 4 fully saturated rings. The van der Waals surface area contributed by atoms with E-state index in [9.17, 15) is 29.4 Å². The van der Waals surface area contributed by atoms with Crippen LogP contribution in [0.5, 0.6) is 0 Å². The normalized spacial score (nSPS) is 33.9. The molecule has 7 atom stereocenters. The largest absolute Gasteiger partial charge is 0.461 e. The van der Waals surface area contributed by atoms with Crippen molar-refractivity contribution in [2.75, 3.05) is 52.5 Å². The quantitative estimate of drug-likeness (QED) is 0.183. The Hall–Kier alpha value is -3.08. The molecule has 0 bridgehead atoms. The number of nitrogens with zero attached hydrogens (tertiary/aromatic N) is 3. The predicted octanol–water partition coefficient (Wildman–Crippen LogP) is 2.32. The zero-order valence-corrected chi connectivity index (χ0v) is 29.5. The van der Waals surface area contributed by atoms with Crippen LogP contribution in [-0.2, 0) is 35.3 Å². The Morgan fingerprint density at radius 1 is 0.961 bits per heavy atom. The number of Topliss-reactive ketones (excluding diaryl/α,β-unsaturated/α-hetero) is 1. The van der Waals surface area contributed by atoms with Crippen LogP contribution in [0.25, 0.3) is 0 Å². The minimum absolute atomic E-state index is 0.0174. The van der Waals surface area contributed by atoms with Crippen LogP contribution in [0.2, 0.25) is 0 Å². The van der Waals surface area contributed by atoms with Crippen LogP contribution < -0.4 is 0 Å². The minimum Gasteiger partial charge on any atom is -0.461 e. The molecule has 1 saturated heterocycles. The Balaban J connectivity index is 0.926. The number of carbonyl (C=O) groups is 4. The lowest BCUT2D eigenvalue weighted by atomic mass is 9.45. The first-order chi connectivity index (χ1) is 24.2. The van der Waals surface area contributed by atoms with Crippen LogP contribution in [0.4, 0.5) is 0 Å². The molecule has 0 amide bonds. The number of piperazine rings is 1. The average molecular weight is 714 g/mol. The molecule has 6 rings (SSSR count). The number of esters is 2. The van der Waals surface area contributed by atoms with Gasteiger partial charge < -0.3 is 19.7 Å². The fraction of sp³-hybridized carbons (Fsp3) is 0.676. The van der Waals surface area contributed by atoms with Crippen molar-refractivity contribution < 1.29 is 54.1 Å². The summed E-state index contributed by atoms with van der Waals surface area (Å²) in [5, 5.41) is 40.4. The van der Waals surface area contributed by atoms with Crippen molar-refractivity contribution in [3.8, 4) is 0 Å². The average Bonchev–Trinajstić information content (AvgIpc) is 3.37. The van der Waals surface area contributed by atoms with Gasteiger partial charge in [0.15, 0.2) is 12.4 Å². The number of aliphatic hydroxyl groups excluding tert-OH is 1. The summed E-state index contributed by atoms with van der Waals surface area (Å²) in [6.07, 6.45) is 5.11. The Morgan fingerprint density at radius 3 is 2.37 bits per heavy atom. The van der Waals surface area contributed by atoms with Gasteiger partial charge in [0, 0.05) is 44.6 Å². The first-order valence-electron chi connectivity index (χ1n) is 18.1. The van der Waals surface area contributed by atoms with Gasteiger partial charge in [-0.2, -0.15) is 0 Å². The molecule has 1 heterocycles. The van der Waals surface area contributed by atoms with E-state index < -0.39 is 41.4 Å². The van der Waals surface area contributed by atoms with E-state index in [1.807, 2.05) is 11.8 Å². The smallest absolute Gasteiger partial charge is 0.338 e. The second kappa shape index (κ2) is 15.1. The number of aliphatic hydroxyl groups is 2. The number of benzene rings is 1. The first-order valence-corrected chi connectivity index (χ1v) is 18.1. The molecule has 3 unspecified atom stereocenters. The van der Waals surface area contributed by atoms with Gasteiger partial charge in [-0.25, -0.2) is 9.63 Å². The molecule has 14 nitrogen and oxygen atoms in total. The summed E-state index contributed by atoms with van der Waals surface area (Å²) in [6, 6.07) is 6.37. The summed E-state index contributed by atoms with van der Waals surface area (Å²) in [5.74, 6) is -1.21. The van der Waals surface area contributed by atoms with E-state index >= 15 is 0 Å². The van der Waals surface area contributed by atoms with E-state index in [1.54, 1.807) is 30.3 Å². The lowest BCUT2D eigenvalue weighted by molar-refractivity contribution is -0.497. The van der Waals surface area contributed by atoms with Gasteiger partial charge in [0.2, 0.25) is 5.78 Å². The van der Waals surface area contributed by atoms with Crippen LogP contribution >= 0.6 is 0 Å². The number of ether oxygens (including phenoxy) is 2. The number of allylic oxidation sites excluding steroid dienone is 1. The highest BCUT2D eigenvalue weighted by atomic mass is 17.1. The lowest BCUT2D eigenvalue weighted by Crippen LogP contribution is -2.62. The van der Waals surface area contributed by atoms with Crippen molar-refractivity contribution in [2.45, 2.75) is 77.1 Å². The van der Waals surface area contributed by atoms with Crippen molar-refractivity contribution in [3.63, 3.8) is 0 Å². The fourth-order valence-electron chi connectivity index (χ4n) is 10.0. The van der Waals surface area contributed by atoms with Crippen molar-refractivity contribution in [1.82, 2.24) is 15.2 Å². The van der Waals surface area contributed by atoms with Crippen LogP contribution in [0, 0.1) is 28.6 Å². The minimum atomic E-state index is -1.69. The van der Waals surface area contributed by atoms with E-state index in [1.165, 1.54) is 0 Å². The Bertz CT molecular complexity index is 1510. The molecular weight excluding hydrogens is 662 g/mol. The highest BCUT2D eigenvalue weighted by molar-refractivity contribution is 5.92. The van der Waals surface area contributed by atoms with Gasteiger partial charge >= 0.3 is 11.9 Å². The van der Waals surface area contributed by atoms with Gasteiger partial charge in [-0.1, -0.05) is 31.6 Å². The highest BCUT2D eigenvalue weighted by Gasteiger charge is 2.68. The third-order valence-corrected chi connectivity index (χ3v) is 12.9. The molecule has 3 saturated carbocycles. The maximum Gasteiger partial charge on any atom is 0.338 e. The van der Waals surface area contributed by atoms with Crippen molar-refractivity contribution in [3.05, 3.63) is 47.0 Å². The van der Waals surface area contributed by atoms with Gasteiger partial charge in [0.25, 0.3) is 0 Å². The predicted molar refractivity (Wildman–Crippen MR) is 179 cm³/mol. The van der Waals surface area contributed by atoms with Crippen molar-refractivity contribution >= 4 is 23.5 Å². The Kier molecular flexibility index (Phi) is 11.2. The number of carbonyl (C=O) groups excluding carboxylic acids is 4. The zero-order valence-electron chi connectivity index (χ0n) is 29.5. The van der Waals surface area contributed by atoms with E-state index in [-0.39, 0.29) is 66.9 Å². The fourth-order valence-corrected chi connectivity index (χ4v) is 10.0. The molecule has 4 aliphatic carbocycles. The number of rotatable bonds is 12. The van der Waals surface area contributed by atoms with Gasteiger partial charge in [-0.3, -0.25) is 34.6 Å². The van der Waals surface area contributed by atoms with Gasteiger partial charge in [-0.05, 0) is 85.5 Å².